The van der Waals surface area contributed by atoms with Crippen LogP contribution in [0.2, 0.25) is 0 Å². The summed E-state index contributed by atoms with van der Waals surface area (Å²) in [5, 5.41) is 10.1. The largest absolute Gasteiger partial charge is 0.355 e. The zero-order valence-corrected chi connectivity index (χ0v) is 35.8. The zero-order chi connectivity index (χ0) is 42.1. The summed E-state index contributed by atoms with van der Waals surface area (Å²) < 4.78 is 2.35. The van der Waals surface area contributed by atoms with E-state index in [0.29, 0.717) is 5.92 Å². The van der Waals surface area contributed by atoms with Gasteiger partial charge in [0.05, 0.1) is 5.52 Å². The summed E-state index contributed by atoms with van der Waals surface area (Å²) in [6, 6.07) is 65.0. The quantitative estimate of drug-likeness (QED) is 0.159. The lowest BCUT2D eigenvalue weighted by atomic mass is 9.78. The Hall–Kier alpha value is -7.42. The van der Waals surface area contributed by atoms with Crippen molar-refractivity contribution in [3.63, 3.8) is 0 Å². The second-order valence-electron chi connectivity index (χ2n) is 17.2. The van der Waals surface area contributed by atoms with Gasteiger partial charge in [0.2, 0.25) is 0 Å². The average molecular weight is 797 g/mol. The van der Waals surface area contributed by atoms with Crippen LogP contribution in [-0.4, -0.2) is 4.57 Å². The minimum atomic E-state index is 0.489. The molecule has 62 heavy (non-hydrogen) atoms. The molecule has 0 fully saturated rings. The highest BCUT2D eigenvalue weighted by Crippen LogP contribution is 2.47. The van der Waals surface area contributed by atoms with Crippen molar-refractivity contribution >= 4 is 49.9 Å². The molecule has 0 spiro atoms. The first-order valence-corrected chi connectivity index (χ1v) is 21.8. The molecule has 0 radical (unpaired) electrons. The molecule has 1 heterocycles. The fraction of sp³-hybridized carbons (Fsp3) is 0.100. The molecule has 0 saturated heterocycles. The molecule has 2 nitrogen and oxygen atoms in total. The second-order valence-corrected chi connectivity index (χ2v) is 17.2. The number of anilines is 2. The number of aryl methyl sites for hydroxylation is 2. The van der Waals surface area contributed by atoms with Crippen LogP contribution in [0, 0.1) is 20.8 Å². The molecule has 0 saturated carbocycles. The van der Waals surface area contributed by atoms with Gasteiger partial charge in [-0.1, -0.05) is 147 Å². The third-order valence-electron chi connectivity index (χ3n) is 13.4. The monoisotopic (exact) mass is 796 g/mol. The summed E-state index contributed by atoms with van der Waals surface area (Å²) in [4.78, 5) is 0. The van der Waals surface area contributed by atoms with Crippen molar-refractivity contribution in [3.05, 3.63) is 216 Å². The van der Waals surface area contributed by atoms with Gasteiger partial charge in [0.15, 0.2) is 0 Å². The van der Waals surface area contributed by atoms with E-state index in [1.54, 1.807) is 0 Å². The predicted octanol–water partition coefficient (Wildman–Crippen LogP) is 16.6. The Kier molecular flexibility index (Phi) is 9.05. The van der Waals surface area contributed by atoms with Crippen molar-refractivity contribution in [3.8, 4) is 50.2 Å². The van der Waals surface area contributed by atoms with Crippen LogP contribution in [-0.2, 0) is 6.42 Å². The van der Waals surface area contributed by atoms with Crippen LogP contribution in [0.1, 0.15) is 46.4 Å². The van der Waals surface area contributed by atoms with Crippen LogP contribution in [0.25, 0.3) is 88.7 Å². The van der Waals surface area contributed by atoms with E-state index < -0.39 is 0 Å². The van der Waals surface area contributed by atoms with Crippen molar-refractivity contribution in [1.29, 1.82) is 0 Å². The van der Waals surface area contributed by atoms with Crippen molar-refractivity contribution in [2.45, 2.75) is 40.0 Å². The van der Waals surface area contributed by atoms with Crippen LogP contribution in [0.15, 0.2) is 183 Å². The number of nitrogens with zero attached hydrogens (tertiary/aromatic N) is 1. The van der Waals surface area contributed by atoms with E-state index in [2.05, 4.69) is 220 Å². The molecule has 2 heteroatoms. The highest BCUT2D eigenvalue weighted by atomic mass is 15.0. The molecule has 298 valence electrons. The van der Waals surface area contributed by atoms with E-state index in [9.17, 15) is 0 Å². The summed E-state index contributed by atoms with van der Waals surface area (Å²) >= 11 is 0. The number of aromatic nitrogens is 1. The van der Waals surface area contributed by atoms with Gasteiger partial charge in [0.25, 0.3) is 0 Å². The second kappa shape index (κ2) is 14.9. The van der Waals surface area contributed by atoms with Crippen molar-refractivity contribution in [2.75, 3.05) is 5.32 Å². The summed E-state index contributed by atoms with van der Waals surface area (Å²) in [5.74, 6) is 0.489. The molecular formula is C60H48N2. The zero-order valence-electron chi connectivity index (χ0n) is 35.8. The van der Waals surface area contributed by atoms with Gasteiger partial charge in [0, 0.05) is 33.7 Å². The first-order valence-electron chi connectivity index (χ1n) is 21.8. The Morgan fingerprint density at radius 3 is 1.89 bits per heavy atom. The van der Waals surface area contributed by atoms with Gasteiger partial charge in [-0.05, 0) is 170 Å². The molecule has 0 bridgehead atoms. The Morgan fingerprint density at radius 2 is 1.18 bits per heavy atom. The Bertz CT molecular complexity index is 3340. The molecule has 10 aromatic rings. The average Bonchev–Trinajstić information content (AvgIpc) is 3.59. The van der Waals surface area contributed by atoms with E-state index in [1.807, 2.05) is 6.08 Å². The lowest BCUT2D eigenvalue weighted by molar-refractivity contribution is 0.749. The maximum absolute atomic E-state index is 4.20. The van der Waals surface area contributed by atoms with Crippen LogP contribution in [0.3, 0.4) is 0 Å². The summed E-state index contributed by atoms with van der Waals surface area (Å²) in [7, 11) is 0. The topological polar surface area (TPSA) is 17.0 Å². The van der Waals surface area contributed by atoms with E-state index in [0.717, 1.165) is 23.5 Å². The molecule has 1 aliphatic carbocycles. The first kappa shape index (κ1) is 37.6. The highest BCUT2D eigenvalue weighted by molar-refractivity contribution is 6.21. The number of fused-ring (bicyclic) bond motifs is 6. The predicted molar refractivity (Wildman–Crippen MR) is 266 cm³/mol. The minimum Gasteiger partial charge on any atom is -0.355 e. The molecule has 1 N–H and O–H groups in total. The number of hydrogen-bond acceptors (Lipinski definition) is 1. The van der Waals surface area contributed by atoms with Gasteiger partial charge in [-0.2, -0.15) is 0 Å². The van der Waals surface area contributed by atoms with Crippen LogP contribution >= 0.6 is 0 Å². The number of nitrogens with one attached hydrogen (secondary N) is 1. The molecule has 1 atom stereocenters. The van der Waals surface area contributed by atoms with Crippen molar-refractivity contribution < 1.29 is 0 Å². The van der Waals surface area contributed by atoms with Gasteiger partial charge in [0.1, 0.15) is 0 Å². The fourth-order valence-electron chi connectivity index (χ4n) is 10.4. The summed E-state index contributed by atoms with van der Waals surface area (Å²) in [5.41, 5.74) is 22.5. The molecule has 1 aliphatic rings. The summed E-state index contributed by atoms with van der Waals surface area (Å²) in [6.45, 7) is 13.2. The highest BCUT2D eigenvalue weighted by Gasteiger charge is 2.24. The molecule has 1 aromatic heterocycles. The third-order valence-corrected chi connectivity index (χ3v) is 13.4. The lowest BCUT2D eigenvalue weighted by Gasteiger charge is -2.26. The van der Waals surface area contributed by atoms with E-state index >= 15 is 0 Å². The molecule has 0 amide bonds. The minimum absolute atomic E-state index is 0.489. The number of rotatable bonds is 7. The SMILES string of the molecule is C=Cc1c(C)n(-c2ccc(Nc3cc(C)c(-c4c5ccccc5c(-c5ccc6c(c5)CC(C)c5ccccc5-6)c5ccccc45)cc3C)cc2)c2ccc(-c3ccccc3)cc12. The van der Waals surface area contributed by atoms with Crippen LogP contribution < -0.4 is 5.32 Å². The Labute approximate surface area is 364 Å². The van der Waals surface area contributed by atoms with Crippen LogP contribution in [0.4, 0.5) is 11.4 Å². The fourth-order valence-corrected chi connectivity index (χ4v) is 10.4. The van der Waals surface area contributed by atoms with Gasteiger partial charge in [-0.25, -0.2) is 0 Å². The lowest BCUT2D eigenvalue weighted by Crippen LogP contribution is -2.08. The van der Waals surface area contributed by atoms with Gasteiger partial charge in [-0.3, -0.25) is 0 Å². The Morgan fingerprint density at radius 1 is 0.532 bits per heavy atom. The van der Waals surface area contributed by atoms with Gasteiger partial charge >= 0.3 is 0 Å². The maximum atomic E-state index is 4.20. The van der Waals surface area contributed by atoms with E-state index in [-0.39, 0.29) is 0 Å². The maximum Gasteiger partial charge on any atom is 0.0538 e. The number of hydrogen-bond donors (Lipinski definition) is 1. The van der Waals surface area contributed by atoms with Crippen molar-refractivity contribution in [2.24, 2.45) is 0 Å². The van der Waals surface area contributed by atoms with E-state index in [1.165, 1.54) is 110 Å². The first-order chi connectivity index (χ1) is 30.4. The van der Waals surface area contributed by atoms with Crippen molar-refractivity contribution in [1.82, 2.24) is 4.57 Å². The molecule has 9 aromatic carbocycles. The molecule has 0 aliphatic heterocycles. The molecule has 11 rings (SSSR count). The molecular weight excluding hydrogens is 749 g/mol. The number of benzene rings is 9. The van der Waals surface area contributed by atoms with Crippen LogP contribution in [0.5, 0.6) is 0 Å². The standard InChI is InChI=1S/C60H48N2/c1-6-47-40(5)62(58-31-25-42(36-56(47)58)41-16-8-7-9-17-41)46-28-26-45(27-29-46)61-57-34-38(3)55(33-39(57)4)60-53-22-14-12-20-51(53)59(52-21-13-15-23-54(52)60)43-24-30-49-44(35-43)32-37(2)48-18-10-11-19-50(48)49/h6-31,33-37,61H,1,32H2,2-5H3. The van der Waals surface area contributed by atoms with Gasteiger partial charge in [-0.15, -0.1) is 0 Å². The normalized spacial score (nSPS) is 13.3. The van der Waals surface area contributed by atoms with Gasteiger partial charge < -0.3 is 9.88 Å². The Balaban J connectivity index is 0.949. The third kappa shape index (κ3) is 6.09. The summed E-state index contributed by atoms with van der Waals surface area (Å²) in [6.07, 6.45) is 3.04. The van der Waals surface area contributed by atoms with E-state index in [4.69, 9.17) is 0 Å². The smallest absolute Gasteiger partial charge is 0.0538 e. The molecule has 1 unspecified atom stereocenters.